The predicted molar refractivity (Wildman–Crippen MR) is 64.4 cm³/mol. The fourth-order valence-corrected chi connectivity index (χ4v) is 1.61. The number of halogens is 1. The van der Waals surface area contributed by atoms with Gasteiger partial charge in [0.05, 0.1) is 7.11 Å². The number of rotatable bonds is 4. The smallest absolute Gasteiger partial charge is 0.182 e. The summed E-state index contributed by atoms with van der Waals surface area (Å²) in [6.07, 6.45) is 2.71. The van der Waals surface area contributed by atoms with Gasteiger partial charge in [0.1, 0.15) is 5.82 Å². The predicted octanol–water partition coefficient (Wildman–Crippen LogP) is 3.13. The molecule has 1 aromatic rings. The highest BCUT2D eigenvalue weighted by molar-refractivity contribution is 5.75. The van der Waals surface area contributed by atoms with E-state index >= 15 is 0 Å². The standard InChI is InChI=1S/C13H18FNO/c1-10-9-11(7-8-12(10)14)5-4-6-13(15-2)16-3/h7-9H,4-6H2,1-3H3. The lowest BCUT2D eigenvalue weighted by Gasteiger charge is -2.05. The fourth-order valence-electron chi connectivity index (χ4n) is 1.61. The molecule has 1 aromatic carbocycles. The van der Waals surface area contributed by atoms with E-state index < -0.39 is 0 Å². The highest BCUT2D eigenvalue weighted by Crippen LogP contribution is 2.12. The van der Waals surface area contributed by atoms with Gasteiger partial charge in [0.2, 0.25) is 0 Å². The van der Waals surface area contributed by atoms with Gasteiger partial charge in [-0.25, -0.2) is 4.39 Å². The average molecular weight is 223 g/mol. The van der Waals surface area contributed by atoms with E-state index in [0.717, 1.165) is 30.7 Å². The van der Waals surface area contributed by atoms with Crippen LogP contribution in [-0.4, -0.2) is 20.1 Å². The van der Waals surface area contributed by atoms with Crippen molar-refractivity contribution in [2.45, 2.75) is 26.2 Å². The van der Waals surface area contributed by atoms with Crippen molar-refractivity contribution < 1.29 is 9.13 Å². The van der Waals surface area contributed by atoms with Crippen LogP contribution in [0.2, 0.25) is 0 Å². The van der Waals surface area contributed by atoms with Crippen molar-refractivity contribution in [3.05, 3.63) is 35.1 Å². The van der Waals surface area contributed by atoms with Crippen LogP contribution < -0.4 is 0 Å². The van der Waals surface area contributed by atoms with Crippen LogP contribution in [0, 0.1) is 12.7 Å². The molecular formula is C13H18FNO. The Morgan fingerprint density at radius 1 is 1.44 bits per heavy atom. The van der Waals surface area contributed by atoms with E-state index in [4.69, 9.17) is 4.74 Å². The zero-order valence-corrected chi connectivity index (χ0v) is 10.1. The summed E-state index contributed by atoms with van der Waals surface area (Å²) in [7, 11) is 3.35. The van der Waals surface area contributed by atoms with Crippen molar-refractivity contribution in [2.24, 2.45) is 4.99 Å². The molecule has 0 saturated carbocycles. The molecule has 0 heterocycles. The Hall–Kier alpha value is -1.38. The molecule has 1 rings (SSSR count). The van der Waals surface area contributed by atoms with Gasteiger partial charge in [-0.3, -0.25) is 4.99 Å². The molecule has 0 aliphatic heterocycles. The molecule has 0 N–H and O–H groups in total. The molecular weight excluding hydrogens is 205 g/mol. The molecule has 0 fully saturated rings. The molecule has 0 radical (unpaired) electrons. The summed E-state index contributed by atoms with van der Waals surface area (Å²) >= 11 is 0. The first-order valence-corrected chi connectivity index (χ1v) is 5.42. The second-order valence-electron chi connectivity index (χ2n) is 3.76. The van der Waals surface area contributed by atoms with Crippen LogP contribution >= 0.6 is 0 Å². The number of benzene rings is 1. The van der Waals surface area contributed by atoms with Crippen molar-refractivity contribution in [3.8, 4) is 0 Å². The number of aryl methyl sites for hydroxylation is 2. The summed E-state index contributed by atoms with van der Waals surface area (Å²) < 4.78 is 18.1. The van der Waals surface area contributed by atoms with Crippen molar-refractivity contribution in [3.63, 3.8) is 0 Å². The summed E-state index contributed by atoms with van der Waals surface area (Å²) in [5, 5.41) is 0. The number of methoxy groups -OCH3 is 1. The van der Waals surface area contributed by atoms with Gasteiger partial charge >= 0.3 is 0 Å². The van der Waals surface area contributed by atoms with Gasteiger partial charge in [-0.05, 0) is 37.0 Å². The maximum Gasteiger partial charge on any atom is 0.182 e. The van der Waals surface area contributed by atoms with E-state index in [-0.39, 0.29) is 5.82 Å². The van der Waals surface area contributed by atoms with Crippen LogP contribution in [-0.2, 0) is 11.2 Å². The van der Waals surface area contributed by atoms with Crippen molar-refractivity contribution in [1.29, 1.82) is 0 Å². The number of nitrogens with zero attached hydrogens (tertiary/aromatic N) is 1. The van der Waals surface area contributed by atoms with Gasteiger partial charge in [-0.2, -0.15) is 0 Å². The summed E-state index contributed by atoms with van der Waals surface area (Å²) in [5.74, 6) is 0.621. The lowest BCUT2D eigenvalue weighted by molar-refractivity contribution is 0.387. The Morgan fingerprint density at radius 3 is 2.75 bits per heavy atom. The zero-order chi connectivity index (χ0) is 12.0. The van der Waals surface area contributed by atoms with E-state index in [1.54, 1.807) is 21.1 Å². The second-order valence-corrected chi connectivity index (χ2v) is 3.76. The maximum absolute atomic E-state index is 13.0. The third-order valence-corrected chi connectivity index (χ3v) is 2.56. The van der Waals surface area contributed by atoms with Gasteiger partial charge in [-0.15, -0.1) is 0 Å². The first-order chi connectivity index (χ1) is 7.67. The zero-order valence-electron chi connectivity index (χ0n) is 10.1. The molecule has 0 amide bonds. The Bertz CT molecular complexity index is 374. The molecule has 0 atom stereocenters. The van der Waals surface area contributed by atoms with Crippen LogP contribution in [0.5, 0.6) is 0 Å². The third kappa shape index (κ3) is 3.65. The molecule has 88 valence electrons. The molecule has 16 heavy (non-hydrogen) atoms. The molecule has 0 saturated heterocycles. The molecule has 0 aliphatic rings. The number of aliphatic imine (C=N–C) groups is 1. The Balaban J connectivity index is 2.46. The number of hydrogen-bond donors (Lipinski definition) is 0. The van der Waals surface area contributed by atoms with Gasteiger partial charge in [0, 0.05) is 13.5 Å². The molecule has 2 nitrogen and oxygen atoms in total. The van der Waals surface area contributed by atoms with Crippen LogP contribution in [0.3, 0.4) is 0 Å². The summed E-state index contributed by atoms with van der Waals surface area (Å²) in [4.78, 5) is 4.00. The normalized spacial score (nSPS) is 11.6. The Kier molecular flexibility index (Phi) is 4.96. The maximum atomic E-state index is 13.0. The molecule has 0 bridgehead atoms. The summed E-state index contributed by atoms with van der Waals surface area (Å²) in [6, 6.07) is 5.25. The van der Waals surface area contributed by atoms with Crippen LogP contribution in [0.4, 0.5) is 4.39 Å². The van der Waals surface area contributed by atoms with Gasteiger partial charge < -0.3 is 4.74 Å². The Morgan fingerprint density at radius 2 is 2.19 bits per heavy atom. The van der Waals surface area contributed by atoms with Gasteiger partial charge in [0.25, 0.3) is 0 Å². The molecule has 3 heteroatoms. The monoisotopic (exact) mass is 223 g/mol. The first kappa shape index (κ1) is 12.7. The minimum absolute atomic E-state index is 0.142. The second kappa shape index (κ2) is 6.26. The van der Waals surface area contributed by atoms with Crippen LogP contribution in [0.25, 0.3) is 0 Å². The molecule has 0 spiro atoms. The topological polar surface area (TPSA) is 21.6 Å². The van der Waals surface area contributed by atoms with E-state index in [2.05, 4.69) is 4.99 Å². The Labute approximate surface area is 96.2 Å². The highest BCUT2D eigenvalue weighted by Gasteiger charge is 2.01. The molecule has 0 aromatic heterocycles. The van der Waals surface area contributed by atoms with E-state index in [0.29, 0.717) is 5.56 Å². The van der Waals surface area contributed by atoms with Gasteiger partial charge in [-0.1, -0.05) is 12.1 Å². The molecule has 0 unspecified atom stereocenters. The van der Waals surface area contributed by atoms with Crippen LogP contribution in [0.15, 0.2) is 23.2 Å². The molecule has 0 aliphatic carbocycles. The van der Waals surface area contributed by atoms with E-state index in [1.165, 1.54) is 6.07 Å². The lowest BCUT2D eigenvalue weighted by atomic mass is 10.1. The van der Waals surface area contributed by atoms with Crippen molar-refractivity contribution >= 4 is 5.90 Å². The van der Waals surface area contributed by atoms with E-state index in [1.807, 2.05) is 12.1 Å². The minimum Gasteiger partial charge on any atom is -0.484 e. The van der Waals surface area contributed by atoms with E-state index in [9.17, 15) is 4.39 Å². The summed E-state index contributed by atoms with van der Waals surface area (Å²) in [6.45, 7) is 1.78. The lowest BCUT2D eigenvalue weighted by Crippen LogP contribution is -2.01. The van der Waals surface area contributed by atoms with Gasteiger partial charge in [0.15, 0.2) is 5.90 Å². The number of hydrogen-bond acceptors (Lipinski definition) is 2. The number of ether oxygens (including phenoxy) is 1. The minimum atomic E-state index is -0.142. The SMILES string of the molecule is CN=C(CCCc1ccc(F)c(C)c1)OC. The largest absolute Gasteiger partial charge is 0.484 e. The van der Waals surface area contributed by atoms with Crippen molar-refractivity contribution in [2.75, 3.05) is 14.2 Å². The fraction of sp³-hybridized carbons (Fsp3) is 0.462. The van der Waals surface area contributed by atoms with Crippen LogP contribution in [0.1, 0.15) is 24.0 Å². The highest BCUT2D eigenvalue weighted by atomic mass is 19.1. The first-order valence-electron chi connectivity index (χ1n) is 5.42. The summed E-state index contributed by atoms with van der Waals surface area (Å²) in [5.41, 5.74) is 1.86. The third-order valence-electron chi connectivity index (χ3n) is 2.56. The van der Waals surface area contributed by atoms with Crippen molar-refractivity contribution in [1.82, 2.24) is 0 Å². The quantitative estimate of drug-likeness (QED) is 0.567. The average Bonchev–Trinajstić information content (AvgIpc) is 2.29.